The van der Waals surface area contributed by atoms with E-state index in [-0.39, 0.29) is 16.2 Å². The Kier molecular flexibility index (Phi) is 2.85. The summed E-state index contributed by atoms with van der Waals surface area (Å²) in [6.45, 7) is 0. The molecule has 17 heavy (non-hydrogen) atoms. The van der Waals surface area contributed by atoms with Gasteiger partial charge in [-0.2, -0.15) is 13.2 Å². The number of rotatable bonds is 1. The topological polar surface area (TPSA) is 40.5 Å². The first-order valence-corrected chi connectivity index (χ1v) is 4.86. The summed E-state index contributed by atoms with van der Waals surface area (Å²) in [5.41, 5.74) is -0.717. The molecule has 0 bridgehead atoms. The molecule has 0 atom stereocenters. The molecule has 0 fully saturated rings. The SMILES string of the molecule is OB(O)c1ccc(C(F)(F)F)c2ccccc12. The van der Waals surface area contributed by atoms with E-state index in [2.05, 4.69) is 0 Å². The molecule has 88 valence electrons. The fraction of sp³-hybridized carbons (Fsp3) is 0.0909. The zero-order valence-corrected chi connectivity index (χ0v) is 8.57. The smallest absolute Gasteiger partial charge is 0.423 e. The average Bonchev–Trinajstić information content (AvgIpc) is 2.26. The van der Waals surface area contributed by atoms with E-state index in [1.807, 2.05) is 0 Å². The highest BCUT2D eigenvalue weighted by Gasteiger charge is 2.33. The van der Waals surface area contributed by atoms with Crippen molar-refractivity contribution >= 4 is 23.4 Å². The van der Waals surface area contributed by atoms with E-state index in [1.54, 1.807) is 6.07 Å². The van der Waals surface area contributed by atoms with Crippen molar-refractivity contribution in [1.29, 1.82) is 0 Å². The van der Waals surface area contributed by atoms with Crippen molar-refractivity contribution in [3.8, 4) is 0 Å². The van der Waals surface area contributed by atoms with Gasteiger partial charge in [0.1, 0.15) is 0 Å². The summed E-state index contributed by atoms with van der Waals surface area (Å²) in [5.74, 6) is 0. The van der Waals surface area contributed by atoms with Gasteiger partial charge in [0.2, 0.25) is 0 Å². The van der Waals surface area contributed by atoms with Crippen molar-refractivity contribution in [2.45, 2.75) is 6.18 Å². The highest BCUT2D eigenvalue weighted by Crippen LogP contribution is 2.34. The zero-order valence-electron chi connectivity index (χ0n) is 8.57. The standard InChI is InChI=1S/C11H8BF3O2/c13-11(14,15)9-5-6-10(12(16)17)8-4-2-1-3-7(8)9/h1-6,16-17H. The molecule has 2 aromatic rings. The molecule has 0 aliphatic rings. The minimum absolute atomic E-state index is 0.0365. The van der Waals surface area contributed by atoms with Gasteiger partial charge in [0.05, 0.1) is 5.56 Å². The third-order valence-corrected chi connectivity index (χ3v) is 2.54. The van der Waals surface area contributed by atoms with Gasteiger partial charge in [-0.15, -0.1) is 0 Å². The van der Waals surface area contributed by atoms with Crippen LogP contribution in [0.3, 0.4) is 0 Å². The van der Waals surface area contributed by atoms with Gasteiger partial charge < -0.3 is 10.0 Å². The lowest BCUT2D eigenvalue weighted by molar-refractivity contribution is -0.136. The summed E-state index contributed by atoms with van der Waals surface area (Å²) in [6, 6.07) is 7.70. The molecule has 0 aliphatic heterocycles. The van der Waals surface area contributed by atoms with Crippen LogP contribution in [0.15, 0.2) is 36.4 Å². The molecule has 2 N–H and O–H groups in total. The van der Waals surface area contributed by atoms with Gasteiger partial charge in [-0.25, -0.2) is 0 Å². The summed E-state index contributed by atoms with van der Waals surface area (Å²) in [7, 11) is -1.79. The third kappa shape index (κ3) is 2.14. The van der Waals surface area contributed by atoms with Crippen LogP contribution in [0.5, 0.6) is 0 Å². The number of alkyl halides is 3. The quantitative estimate of drug-likeness (QED) is 0.742. The maximum atomic E-state index is 12.7. The van der Waals surface area contributed by atoms with Crippen molar-refractivity contribution in [2.75, 3.05) is 0 Å². The van der Waals surface area contributed by atoms with Gasteiger partial charge in [0, 0.05) is 0 Å². The van der Waals surface area contributed by atoms with E-state index in [9.17, 15) is 13.2 Å². The maximum absolute atomic E-state index is 12.7. The van der Waals surface area contributed by atoms with Crippen LogP contribution < -0.4 is 5.46 Å². The number of halogens is 3. The van der Waals surface area contributed by atoms with Crippen LogP contribution in [-0.4, -0.2) is 17.2 Å². The molecular formula is C11H8BF3O2. The molecule has 0 aliphatic carbocycles. The van der Waals surface area contributed by atoms with Crippen molar-refractivity contribution in [2.24, 2.45) is 0 Å². The number of fused-ring (bicyclic) bond motifs is 1. The van der Waals surface area contributed by atoms with Gasteiger partial charge >= 0.3 is 13.3 Å². The molecule has 0 amide bonds. The van der Waals surface area contributed by atoms with Crippen LogP contribution >= 0.6 is 0 Å². The summed E-state index contributed by atoms with van der Waals surface area (Å²) in [4.78, 5) is 0. The summed E-state index contributed by atoms with van der Waals surface area (Å²) < 4.78 is 38.2. The van der Waals surface area contributed by atoms with Crippen LogP contribution in [0, 0.1) is 0 Å². The molecule has 6 heteroatoms. The average molecular weight is 240 g/mol. The minimum Gasteiger partial charge on any atom is -0.423 e. The highest BCUT2D eigenvalue weighted by molar-refractivity contribution is 6.62. The molecule has 0 radical (unpaired) electrons. The van der Waals surface area contributed by atoms with Crippen LogP contribution in [0.1, 0.15) is 5.56 Å². The second-order valence-corrected chi connectivity index (χ2v) is 3.62. The Morgan fingerprint density at radius 2 is 1.47 bits per heavy atom. The molecule has 2 nitrogen and oxygen atoms in total. The van der Waals surface area contributed by atoms with Gasteiger partial charge in [-0.05, 0) is 22.3 Å². The fourth-order valence-electron chi connectivity index (χ4n) is 1.79. The maximum Gasteiger partial charge on any atom is 0.489 e. The molecule has 2 rings (SSSR count). The largest absolute Gasteiger partial charge is 0.489 e. The Balaban J connectivity index is 2.80. The van der Waals surface area contributed by atoms with Gasteiger partial charge in [0.25, 0.3) is 0 Å². The predicted molar refractivity (Wildman–Crippen MR) is 58.8 cm³/mol. The predicted octanol–water partition coefficient (Wildman–Crippen LogP) is 1.54. The first-order valence-electron chi connectivity index (χ1n) is 4.86. The lowest BCUT2D eigenvalue weighted by Crippen LogP contribution is -2.31. The number of hydrogen-bond acceptors (Lipinski definition) is 2. The van der Waals surface area contributed by atoms with Crippen LogP contribution in [-0.2, 0) is 6.18 Å². The van der Waals surface area contributed by atoms with Crippen LogP contribution in [0.4, 0.5) is 13.2 Å². The summed E-state index contributed by atoms with van der Waals surface area (Å²) in [6.07, 6.45) is -4.46. The Bertz CT molecular complexity index is 552. The molecular weight excluding hydrogens is 232 g/mol. The van der Waals surface area contributed by atoms with Crippen molar-refractivity contribution in [3.05, 3.63) is 42.0 Å². The molecule has 0 aromatic heterocycles. The lowest BCUT2D eigenvalue weighted by atomic mass is 9.76. The van der Waals surface area contributed by atoms with Crippen molar-refractivity contribution in [1.82, 2.24) is 0 Å². The second-order valence-electron chi connectivity index (χ2n) is 3.62. The minimum atomic E-state index is -4.46. The van der Waals surface area contributed by atoms with E-state index < -0.39 is 18.9 Å². The first kappa shape index (κ1) is 11.9. The van der Waals surface area contributed by atoms with E-state index in [1.165, 1.54) is 18.2 Å². The third-order valence-electron chi connectivity index (χ3n) is 2.54. The van der Waals surface area contributed by atoms with Crippen LogP contribution in [0.2, 0.25) is 0 Å². The van der Waals surface area contributed by atoms with Gasteiger partial charge in [-0.3, -0.25) is 0 Å². The summed E-state index contributed by atoms with van der Waals surface area (Å²) in [5, 5.41) is 18.3. The van der Waals surface area contributed by atoms with E-state index in [4.69, 9.17) is 10.0 Å². The van der Waals surface area contributed by atoms with E-state index in [0.29, 0.717) is 0 Å². The number of benzene rings is 2. The molecule has 0 spiro atoms. The normalized spacial score (nSPS) is 11.8. The molecule has 0 unspecified atom stereocenters. The van der Waals surface area contributed by atoms with Crippen molar-refractivity contribution in [3.63, 3.8) is 0 Å². The molecule has 0 heterocycles. The lowest BCUT2D eigenvalue weighted by Gasteiger charge is -2.13. The van der Waals surface area contributed by atoms with E-state index in [0.717, 1.165) is 12.1 Å². The van der Waals surface area contributed by atoms with Crippen LogP contribution in [0.25, 0.3) is 10.8 Å². The van der Waals surface area contributed by atoms with Crippen molar-refractivity contribution < 1.29 is 23.2 Å². The Morgan fingerprint density at radius 1 is 0.882 bits per heavy atom. The molecule has 0 saturated heterocycles. The second kappa shape index (κ2) is 4.05. The summed E-state index contributed by atoms with van der Waals surface area (Å²) >= 11 is 0. The molecule has 0 saturated carbocycles. The fourth-order valence-corrected chi connectivity index (χ4v) is 1.79. The van der Waals surface area contributed by atoms with E-state index >= 15 is 0 Å². The van der Waals surface area contributed by atoms with Gasteiger partial charge in [-0.1, -0.05) is 30.3 Å². The Hall–Kier alpha value is -1.53. The number of hydrogen-bond donors (Lipinski definition) is 2. The highest BCUT2D eigenvalue weighted by atomic mass is 19.4. The van der Waals surface area contributed by atoms with Gasteiger partial charge in [0.15, 0.2) is 0 Å². The Labute approximate surface area is 95.5 Å². The Morgan fingerprint density at radius 3 is 2.00 bits per heavy atom. The zero-order chi connectivity index (χ0) is 12.6. The first-order chi connectivity index (χ1) is 7.91. The monoisotopic (exact) mass is 240 g/mol. The molecule has 2 aromatic carbocycles.